The summed E-state index contributed by atoms with van der Waals surface area (Å²) in [5.41, 5.74) is 0. The zero-order valence-electron chi connectivity index (χ0n) is 5.94. The molecule has 0 unspecified atom stereocenters. The van der Waals surface area contributed by atoms with Gasteiger partial charge < -0.3 is 0 Å². The molecule has 2 nitrogen and oxygen atoms in total. The Kier molecular flexibility index (Phi) is 15.5. The third-order valence-electron chi connectivity index (χ3n) is 0.498. The molecule has 0 heterocycles. The fraction of sp³-hybridized carbons (Fsp3) is 0.600. The molecule has 0 amide bonds. The zero-order chi connectivity index (χ0) is 5.86. The van der Waals surface area contributed by atoms with Gasteiger partial charge >= 0.3 is 0 Å². The van der Waals surface area contributed by atoms with Gasteiger partial charge in [0.1, 0.15) is 11.6 Å². The van der Waals surface area contributed by atoms with Gasteiger partial charge in [0.05, 0.1) is 6.42 Å². The smallest absolute Gasteiger partial charge is 0.137 e. The molecule has 0 aromatic carbocycles. The van der Waals surface area contributed by atoms with Crippen LogP contribution in [0.2, 0.25) is 0 Å². The van der Waals surface area contributed by atoms with Crippen molar-refractivity contribution in [3.05, 3.63) is 0 Å². The molecular formula is C5H8O2Zn2. The van der Waals surface area contributed by atoms with Gasteiger partial charge in [-0.15, -0.1) is 0 Å². The average Bonchev–Trinajstić information content (AvgIpc) is 1.27. The fourth-order valence-electron chi connectivity index (χ4n) is 0.351. The van der Waals surface area contributed by atoms with Crippen molar-refractivity contribution >= 4 is 11.6 Å². The first-order chi connectivity index (χ1) is 3.13. The minimum Gasteiger partial charge on any atom is -0.300 e. The number of carbonyl (C=O) groups excluding carboxylic acids is 2. The Labute approximate surface area is 80.3 Å². The maximum absolute atomic E-state index is 10.0. The largest absolute Gasteiger partial charge is 0.300 e. The summed E-state index contributed by atoms with van der Waals surface area (Å²) in [6.45, 7) is 2.81. The van der Waals surface area contributed by atoms with E-state index in [0.29, 0.717) is 0 Å². The molecule has 9 heavy (non-hydrogen) atoms. The van der Waals surface area contributed by atoms with Crippen LogP contribution in [0.1, 0.15) is 20.3 Å². The van der Waals surface area contributed by atoms with Gasteiger partial charge in [-0.3, -0.25) is 9.59 Å². The predicted molar refractivity (Wildman–Crippen MR) is 26.0 cm³/mol. The number of Topliss-reactive ketones (excluding diaryl/α,β-unsaturated/α-hetero) is 2. The molecule has 0 spiro atoms. The summed E-state index contributed by atoms with van der Waals surface area (Å²) in [5.74, 6) is -0.125. The SMILES string of the molecule is CC(=O)CC(C)=O.[Zn].[Zn]. The van der Waals surface area contributed by atoms with Gasteiger partial charge in [-0.25, -0.2) is 0 Å². The first kappa shape index (κ1) is 16.3. The van der Waals surface area contributed by atoms with Crippen LogP contribution in [0.15, 0.2) is 0 Å². The van der Waals surface area contributed by atoms with Crippen LogP contribution < -0.4 is 0 Å². The summed E-state index contributed by atoms with van der Waals surface area (Å²) in [6.07, 6.45) is 0.0833. The van der Waals surface area contributed by atoms with Crippen molar-refractivity contribution in [2.45, 2.75) is 20.3 Å². The molecule has 0 aliphatic rings. The summed E-state index contributed by atoms with van der Waals surface area (Å²) in [7, 11) is 0. The molecule has 0 atom stereocenters. The Morgan fingerprint density at radius 1 is 1.00 bits per heavy atom. The fourth-order valence-corrected chi connectivity index (χ4v) is 0.351. The average molecular weight is 231 g/mol. The standard InChI is InChI=1S/C5H8O2.2Zn/c1-4(6)3-5(2)7;;/h3H2,1-2H3;;. The molecule has 4 heteroatoms. The second-order valence-corrected chi connectivity index (χ2v) is 1.58. The van der Waals surface area contributed by atoms with Gasteiger partial charge in [0.25, 0.3) is 0 Å². The molecule has 0 saturated carbocycles. The summed E-state index contributed by atoms with van der Waals surface area (Å²) in [4.78, 5) is 20.1. The van der Waals surface area contributed by atoms with Gasteiger partial charge in [0.15, 0.2) is 0 Å². The quantitative estimate of drug-likeness (QED) is 0.513. The first-order valence-corrected chi connectivity index (χ1v) is 2.12. The Bertz CT molecular complexity index is 89.1. The molecule has 44 valence electrons. The predicted octanol–water partition coefficient (Wildman–Crippen LogP) is 0.549. The van der Waals surface area contributed by atoms with Crippen LogP contribution in [0.4, 0.5) is 0 Å². The number of rotatable bonds is 2. The van der Waals surface area contributed by atoms with E-state index in [9.17, 15) is 9.59 Å². The maximum atomic E-state index is 10.0. The second kappa shape index (κ2) is 8.59. The summed E-state index contributed by atoms with van der Waals surface area (Å²) >= 11 is 0. The van der Waals surface area contributed by atoms with Crippen molar-refractivity contribution < 1.29 is 48.5 Å². The number of hydrogen-bond acceptors (Lipinski definition) is 2. The molecule has 0 aliphatic carbocycles. The van der Waals surface area contributed by atoms with Crippen molar-refractivity contribution in [1.29, 1.82) is 0 Å². The Morgan fingerprint density at radius 3 is 1.22 bits per heavy atom. The number of carbonyl (C=O) groups is 2. The normalized spacial score (nSPS) is 6.44. The topological polar surface area (TPSA) is 34.1 Å². The van der Waals surface area contributed by atoms with Crippen molar-refractivity contribution in [2.24, 2.45) is 0 Å². The number of hydrogen-bond donors (Lipinski definition) is 0. The molecule has 0 radical (unpaired) electrons. The molecule has 0 aliphatic heterocycles. The number of ketones is 2. The van der Waals surface area contributed by atoms with E-state index in [0.717, 1.165) is 0 Å². The minimum atomic E-state index is -0.0625. The van der Waals surface area contributed by atoms with E-state index in [1.165, 1.54) is 13.8 Å². The van der Waals surface area contributed by atoms with Crippen molar-refractivity contribution in [3.8, 4) is 0 Å². The van der Waals surface area contributed by atoms with Gasteiger partial charge in [-0.2, -0.15) is 0 Å². The van der Waals surface area contributed by atoms with Crippen LogP contribution in [0, 0.1) is 0 Å². The molecule has 0 N–H and O–H groups in total. The third kappa shape index (κ3) is 17.7. The van der Waals surface area contributed by atoms with Crippen molar-refractivity contribution in [1.82, 2.24) is 0 Å². The van der Waals surface area contributed by atoms with Crippen molar-refractivity contribution in [3.63, 3.8) is 0 Å². The van der Waals surface area contributed by atoms with Crippen LogP contribution in [0.5, 0.6) is 0 Å². The molecule has 0 saturated heterocycles. The molecule has 0 rings (SSSR count). The van der Waals surface area contributed by atoms with Gasteiger partial charge in [0.2, 0.25) is 0 Å². The van der Waals surface area contributed by atoms with E-state index >= 15 is 0 Å². The Hall–Kier alpha value is 0.587. The van der Waals surface area contributed by atoms with E-state index in [-0.39, 0.29) is 56.9 Å². The van der Waals surface area contributed by atoms with E-state index in [4.69, 9.17) is 0 Å². The van der Waals surface area contributed by atoms with E-state index in [2.05, 4.69) is 0 Å². The van der Waals surface area contributed by atoms with Crippen LogP contribution in [-0.2, 0) is 48.5 Å². The second-order valence-electron chi connectivity index (χ2n) is 1.58. The summed E-state index contributed by atoms with van der Waals surface area (Å²) in [5, 5.41) is 0. The van der Waals surface area contributed by atoms with Gasteiger partial charge in [-0.1, -0.05) is 0 Å². The Balaban J connectivity index is -0.000000180. The van der Waals surface area contributed by atoms with Crippen LogP contribution in [0.3, 0.4) is 0 Å². The van der Waals surface area contributed by atoms with Gasteiger partial charge in [0, 0.05) is 39.0 Å². The monoisotopic (exact) mass is 228 g/mol. The first-order valence-electron chi connectivity index (χ1n) is 2.12. The Morgan fingerprint density at radius 2 is 1.22 bits per heavy atom. The van der Waals surface area contributed by atoms with Crippen LogP contribution in [0.25, 0.3) is 0 Å². The summed E-state index contributed by atoms with van der Waals surface area (Å²) < 4.78 is 0. The van der Waals surface area contributed by atoms with E-state index in [1.807, 2.05) is 0 Å². The van der Waals surface area contributed by atoms with Gasteiger partial charge in [-0.05, 0) is 13.8 Å². The van der Waals surface area contributed by atoms with Crippen LogP contribution >= 0.6 is 0 Å². The molecule has 0 fully saturated rings. The molecule has 0 bridgehead atoms. The molecular weight excluding hydrogens is 223 g/mol. The summed E-state index contributed by atoms with van der Waals surface area (Å²) in [6, 6.07) is 0. The zero-order valence-corrected chi connectivity index (χ0v) is 11.9. The van der Waals surface area contributed by atoms with Crippen LogP contribution in [-0.4, -0.2) is 11.6 Å². The maximum Gasteiger partial charge on any atom is 0.137 e. The van der Waals surface area contributed by atoms with E-state index in [1.54, 1.807) is 0 Å². The minimum absolute atomic E-state index is 0. The molecule has 0 aromatic heterocycles. The van der Waals surface area contributed by atoms with E-state index < -0.39 is 0 Å². The molecule has 0 aromatic rings. The van der Waals surface area contributed by atoms with Crippen molar-refractivity contribution in [2.75, 3.05) is 0 Å². The third-order valence-corrected chi connectivity index (χ3v) is 0.498.